The Bertz CT molecular complexity index is 274. The molecule has 3 heteroatoms. The number of hydrogen-bond acceptors (Lipinski definition) is 2. The maximum absolute atomic E-state index is 10.0. The fraction of sp³-hybridized carbons (Fsp3) is 0.714. The molecule has 17 heavy (non-hydrogen) atoms. The van der Waals surface area contributed by atoms with Gasteiger partial charge in [0.2, 0.25) is 0 Å². The summed E-state index contributed by atoms with van der Waals surface area (Å²) in [6, 6.07) is 0. The molecule has 0 bridgehead atoms. The van der Waals surface area contributed by atoms with Gasteiger partial charge < -0.3 is 9.53 Å². The van der Waals surface area contributed by atoms with Crippen LogP contribution in [0.15, 0.2) is 24.3 Å². The molecule has 0 fully saturated rings. The monoisotopic (exact) mass is 256 g/mol. The molecule has 0 amide bonds. The summed E-state index contributed by atoms with van der Waals surface area (Å²) in [5.74, 6) is 0. The fourth-order valence-corrected chi connectivity index (χ4v) is 2.49. The predicted molar refractivity (Wildman–Crippen MR) is 77.7 cm³/mol. The molecule has 0 unspecified atom stereocenters. The second-order valence-corrected chi connectivity index (χ2v) is 10.6. The minimum Gasteiger partial charge on any atom is -0.408 e. The summed E-state index contributed by atoms with van der Waals surface area (Å²) in [5, 5.41) is 10.2. The van der Waals surface area contributed by atoms with E-state index in [1.165, 1.54) is 0 Å². The van der Waals surface area contributed by atoms with Gasteiger partial charge in [-0.1, -0.05) is 45.1 Å². The Morgan fingerprint density at radius 2 is 1.53 bits per heavy atom. The summed E-state index contributed by atoms with van der Waals surface area (Å²) in [7, 11) is -1.84. The average Bonchev–Trinajstić information content (AvgIpc) is 2.15. The van der Waals surface area contributed by atoms with E-state index in [0.717, 1.165) is 0 Å². The van der Waals surface area contributed by atoms with Gasteiger partial charge in [-0.3, -0.25) is 0 Å². The van der Waals surface area contributed by atoms with Gasteiger partial charge in [-0.05, 0) is 32.0 Å². The second-order valence-electron chi connectivity index (χ2n) is 5.88. The topological polar surface area (TPSA) is 29.5 Å². The highest BCUT2D eigenvalue weighted by molar-refractivity contribution is 6.74. The van der Waals surface area contributed by atoms with Crippen LogP contribution in [0.4, 0.5) is 0 Å². The molecule has 0 aromatic rings. The van der Waals surface area contributed by atoms with Crippen molar-refractivity contribution in [2.24, 2.45) is 0 Å². The van der Waals surface area contributed by atoms with Gasteiger partial charge in [0.05, 0.1) is 6.10 Å². The zero-order valence-electron chi connectivity index (χ0n) is 12.3. The number of hydrogen-bond donors (Lipinski definition) is 1. The van der Waals surface area contributed by atoms with Gasteiger partial charge in [0.1, 0.15) is 6.10 Å². The Balaban J connectivity index is 4.89. The molecule has 0 aromatic heterocycles. The van der Waals surface area contributed by atoms with Gasteiger partial charge in [-0.2, -0.15) is 0 Å². The molecule has 0 rings (SSSR count). The van der Waals surface area contributed by atoms with Crippen LogP contribution in [0.5, 0.6) is 0 Å². The van der Waals surface area contributed by atoms with Gasteiger partial charge in [0.15, 0.2) is 8.32 Å². The summed E-state index contributed by atoms with van der Waals surface area (Å²) >= 11 is 0. The first-order chi connectivity index (χ1) is 7.65. The zero-order valence-corrected chi connectivity index (χ0v) is 13.3. The molecule has 2 nitrogen and oxygen atoms in total. The molecule has 0 aliphatic carbocycles. The van der Waals surface area contributed by atoms with Gasteiger partial charge in [0, 0.05) is 0 Å². The quantitative estimate of drug-likeness (QED) is 0.597. The van der Waals surface area contributed by atoms with Gasteiger partial charge in [-0.25, -0.2) is 0 Å². The lowest BCUT2D eigenvalue weighted by atomic mass is 10.2. The molecule has 2 atom stereocenters. The standard InChI is InChI=1S/C14H28O2Si/c1-8-10-12(15)13(11-9-2)16-17(6,7)14(3,4)5/h8-13,15H,1-7H3/b10-8+,11-9+/t12-,13+/m1/s1. The van der Waals surface area contributed by atoms with Crippen molar-refractivity contribution in [2.45, 2.75) is 65.0 Å². The van der Waals surface area contributed by atoms with E-state index in [9.17, 15) is 5.11 Å². The van der Waals surface area contributed by atoms with Crippen molar-refractivity contribution in [1.82, 2.24) is 0 Å². The van der Waals surface area contributed by atoms with Gasteiger partial charge in [-0.15, -0.1) is 0 Å². The Morgan fingerprint density at radius 3 is 1.88 bits per heavy atom. The summed E-state index contributed by atoms with van der Waals surface area (Å²) in [6.45, 7) is 14.9. The van der Waals surface area contributed by atoms with Crippen LogP contribution in [0.1, 0.15) is 34.6 Å². The Kier molecular flexibility index (Phi) is 6.38. The fourth-order valence-electron chi connectivity index (χ4n) is 1.24. The van der Waals surface area contributed by atoms with E-state index in [1.54, 1.807) is 6.08 Å². The molecule has 1 N–H and O–H groups in total. The third-order valence-corrected chi connectivity index (χ3v) is 7.82. The summed E-state index contributed by atoms with van der Waals surface area (Å²) < 4.78 is 6.21. The van der Waals surface area contributed by atoms with Crippen LogP contribution in [-0.2, 0) is 4.43 Å². The van der Waals surface area contributed by atoms with Crippen molar-refractivity contribution < 1.29 is 9.53 Å². The lowest BCUT2D eigenvalue weighted by Gasteiger charge is -2.39. The van der Waals surface area contributed by atoms with Crippen LogP contribution in [0.2, 0.25) is 18.1 Å². The molecule has 0 aliphatic rings. The first-order valence-corrected chi connectivity index (χ1v) is 9.18. The molecule has 0 aliphatic heterocycles. The molecular formula is C14H28O2Si. The van der Waals surface area contributed by atoms with Gasteiger partial charge in [0.25, 0.3) is 0 Å². The normalized spacial score (nSPS) is 17.9. The molecular weight excluding hydrogens is 228 g/mol. The van der Waals surface area contributed by atoms with E-state index < -0.39 is 14.4 Å². The first-order valence-electron chi connectivity index (χ1n) is 6.27. The van der Waals surface area contributed by atoms with Crippen molar-refractivity contribution in [3.05, 3.63) is 24.3 Å². The van der Waals surface area contributed by atoms with Crippen molar-refractivity contribution in [3.63, 3.8) is 0 Å². The highest BCUT2D eigenvalue weighted by Gasteiger charge is 2.39. The zero-order chi connectivity index (χ0) is 13.7. The Hall–Kier alpha value is -0.383. The minimum absolute atomic E-state index is 0.155. The van der Waals surface area contributed by atoms with Crippen LogP contribution >= 0.6 is 0 Å². The van der Waals surface area contributed by atoms with Gasteiger partial charge >= 0.3 is 0 Å². The molecule has 100 valence electrons. The minimum atomic E-state index is -1.84. The SMILES string of the molecule is C/C=C/[C@@H](O)[C@H](/C=C/C)O[Si](C)(C)C(C)(C)C. The summed E-state index contributed by atoms with van der Waals surface area (Å²) in [6.07, 6.45) is 6.70. The molecule has 0 spiro atoms. The van der Waals surface area contributed by atoms with E-state index in [0.29, 0.717) is 0 Å². The van der Waals surface area contributed by atoms with Crippen LogP contribution in [-0.4, -0.2) is 25.6 Å². The number of aliphatic hydroxyl groups excluding tert-OH is 1. The maximum atomic E-state index is 10.0. The van der Waals surface area contributed by atoms with Crippen LogP contribution in [0, 0.1) is 0 Å². The second kappa shape index (κ2) is 6.52. The highest BCUT2D eigenvalue weighted by atomic mass is 28.4. The molecule has 0 aromatic carbocycles. The summed E-state index contributed by atoms with van der Waals surface area (Å²) in [4.78, 5) is 0. The van der Waals surface area contributed by atoms with Crippen molar-refractivity contribution in [2.75, 3.05) is 0 Å². The predicted octanol–water partition coefficient (Wildman–Crippen LogP) is 3.89. The van der Waals surface area contributed by atoms with E-state index >= 15 is 0 Å². The van der Waals surface area contributed by atoms with Crippen molar-refractivity contribution >= 4 is 8.32 Å². The lowest BCUT2D eigenvalue weighted by Crippen LogP contribution is -2.46. The molecule has 0 saturated carbocycles. The third kappa shape index (κ3) is 5.19. The number of rotatable bonds is 5. The van der Waals surface area contributed by atoms with Crippen molar-refractivity contribution in [3.8, 4) is 0 Å². The molecule has 0 heterocycles. The van der Waals surface area contributed by atoms with Crippen LogP contribution in [0.3, 0.4) is 0 Å². The largest absolute Gasteiger partial charge is 0.408 e. The average molecular weight is 256 g/mol. The third-order valence-electron chi connectivity index (χ3n) is 3.35. The van der Waals surface area contributed by atoms with E-state index in [4.69, 9.17) is 4.43 Å². The Labute approximate surface area is 108 Å². The smallest absolute Gasteiger partial charge is 0.193 e. The molecule has 0 saturated heterocycles. The van der Waals surface area contributed by atoms with E-state index in [2.05, 4.69) is 33.9 Å². The van der Waals surface area contributed by atoms with E-state index in [-0.39, 0.29) is 11.1 Å². The Morgan fingerprint density at radius 1 is 1.06 bits per heavy atom. The van der Waals surface area contributed by atoms with E-state index in [1.807, 2.05) is 32.1 Å². The first kappa shape index (κ1) is 16.6. The van der Waals surface area contributed by atoms with Crippen LogP contribution < -0.4 is 0 Å². The maximum Gasteiger partial charge on any atom is 0.193 e. The summed E-state index contributed by atoms with van der Waals surface area (Å²) in [5.41, 5.74) is 0. The lowest BCUT2D eigenvalue weighted by molar-refractivity contribution is 0.0873. The number of allylic oxidation sites excluding steroid dienone is 2. The van der Waals surface area contributed by atoms with Crippen LogP contribution in [0.25, 0.3) is 0 Å². The highest BCUT2D eigenvalue weighted by Crippen LogP contribution is 2.37. The molecule has 0 radical (unpaired) electrons. The number of aliphatic hydroxyl groups is 1. The van der Waals surface area contributed by atoms with Crippen molar-refractivity contribution in [1.29, 1.82) is 0 Å².